The minimum absolute atomic E-state index is 1.13. The summed E-state index contributed by atoms with van der Waals surface area (Å²) in [6, 6.07) is 0. The molecular weight excluding hydrogens is 192 g/mol. The minimum Gasteiger partial charge on any atom is -0.0724 e. The van der Waals surface area contributed by atoms with E-state index in [1.807, 2.05) is 0 Å². The molecule has 80 valence electrons. The zero-order valence-corrected chi connectivity index (χ0v) is 9.88. The first-order chi connectivity index (χ1) is 7.72. The second-order valence-electron chi connectivity index (χ2n) is 4.94. The summed E-state index contributed by atoms with van der Waals surface area (Å²) in [4.78, 5) is 0. The van der Waals surface area contributed by atoms with Crippen LogP contribution < -0.4 is 0 Å². The Balaban J connectivity index is 1.98. The molecule has 0 heteroatoms. The standard InChI is InChI=1S/C16H16/c1-11-3-5-13-9-14-6-4-12(2)8-16(14)10-15(13)7-11/h3-7,9H,8,10H2,1-2H3. The summed E-state index contributed by atoms with van der Waals surface area (Å²) in [5.74, 6) is 3.07. The predicted octanol–water partition coefficient (Wildman–Crippen LogP) is 4.26. The van der Waals surface area contributed by atoms with Crippen LogP contribution in [-0.4, -0.2) is 0 Å². The molecule has 0 aromatic rings. The van der Waals surface area contributed by atoms with Gasteiger partial charge in [-0.2, -0.15) is 0 Å². The Kier molecular flexibility index (Phi) is 2.24. The number of fused-ring (bicyclic) bond motifs is 2. The minimum atomic E-state index is 1.13. The summed E-state index contributed by atoms with van der Waals surface area (Å²) in [6.45, 7) is 4.38. The molecule has 0 bridgehead atoms. The molecule has 0 aromatic carbocycles. The first-order valence-corrected chi connectivity index (χ1v) is 5.89. The normalized spacial score (nSPS) is 25.1. The van der Waals surface area contributed by atoms with E-state index < -0.39 is 0 Å². The second kappa shape index (κ2) is 3.62. The maximum atomic E-state index is 2.33. The van der Waals surface area contributed by atoms with E-state index in [0.29, 0.717) is 0 Å². The number of hydrogen-bond donors (Lipinski definition) is 0. The molecule has 0 spiro atoms. The van der Waals surface area contributed by atoms with Gasteiger partial charge in [0.05, 0.1) is 0 Å². The average Bonchev–Trinajstić information content (AvgIpc) is 2.26. The van der Waals surface area contributed by atoms with Gasteiger partial charge < -0.3 is 0 Å². The van der Waals surface area contributed by atoms with Crippen molar-refractivity contribution in [2.75, 3.05) is 0 Å². The van der Waals surface area contributed by atoms with E-state index in [2.05, 4.69) is 50.3 Å². The molecule has 0 aromatic heterocycles. The summed E-state index contributed by atoms with van der Waals surface area (Å²) in [6.07, 6.45) is 15.9. The van der Waals surface area contributed by atoms with E-state index in [0.717, 1.165) is 12.8 Å². The second-order valence-corrected chi connectivity index (χ2v) is 4.94. The van der Waals surface area contributed by atoms with Gasteiger partial charge >= 0.3 is 0 Å². The lowest BCUT2D eigenvalue weighted by molar-refractivity contribution is 0.814. The van der Waals surface area contributed by atoms with Crippen molar-refractivity contribution in [3.63, 3.8) is 0 Å². The highest BCUT2D eigenvalue weighted by Crippen LogP contribution is 2.43. The summed E-state index contributed by atoms with van der Waals surface area (Å²) in [5, 5.41) is 0. The summed E-state index contributed by atoms with van der Waals surface area (Å²) < 4.78 is 0. The van der Waals surface area contributed by atoms with E-state index >= 15 is 0 Å². The van der Waals surface area contributed by atoms with E-state index in [1.165, 1.54) is 28.2 Å². The van der Waals surface area contributed by atoms with Gasteiger partial charge in [-0.05, 0) is 37.8 Å². The highest BCUT2D eigenvalue weighted by atomic mass is 14.3. The SMILES string of the molecule is CC1=C[C]2C[C]3CC(C)=CC=C3C=C2C=C1. The van der Waals surface area contributed by atoms with E-state index in [9.17, 15) is 0 Å². The molecule has 16 heavy (non-hydrogen) atoms. The Morgan fingerprint density at radius 1 is 0.875 bits per heavy atom. The van der Waals surface area contributed by atoms with Crippen LogP contribution in [0.4, 0.5) is 0 Å². The fraction of sp³-hybridized carbons (Fsp3) is 0.250. The number of hydrogen-bond acceptors (Lipinski definition) is 0. The van der Waals surface area contributed by atoms with Crippen LogP contribution in [0.2, 0.25) is 0 Å². The van der Waals surface area contributed by atoms with Gasteiger partial charge in [0.2, 0.25) is 0 Å². The molecule has 0 heterocycles. The maximum Gasteiger partial charge on any atom is 0.0279 e. The molecular formula is C16H16. The van der Waals surface area contributed by atoms with Crippen LogP contribution in [0.5, 0.6) is 0 Å². The largest absolute Gasteiger partial charge is 0.0724 e. The third-order valence-electron chi connectivity index (χ3n) is 3.46. The molecule has 0 amide bonds. The van der Waals surface area contributed by atoms with Crippen molar-refractivity contribution in [1.29, 1.82) is 0 Å². The van der Waals surface area contributed by atoms with Crippen LogP contribution in [0.3, 0.4) is 0 Å². The van der Waals surface area contributed by atoms with Gasteiger partial charge in [-0.3, -0.25) is 0 Å². The fourth-order valence-electron chi connectivity index (χ4n) is 2.59. The molecule has 3 aliphatic rings. The Hall–Kier alpha value is -1.30. The van der Waals surface area contributed by atoms with Crippen molar-refractivity contribution in [3.8, 4) is 0 Å². The number of allylic oxidation sites excluding steroid dienone is 10. The van der Waals surface area contributed by atoms with Crippen LogP contribution in [0.1, 0.15) is 26.7 Å². The lowest BCUT2D eigenvalue weighted by Crippen LogP contribution is -2.16. The number of rotatable bonds is 0. The maximum absolute atomic E-state index is 2.33. The predicted molar refractivity (Wildman–Crippen MR) is 68.5 cm³/mol. The van der Waals surface area contributed by atoms with Crippen molar-refractivity contribution in [1.82, 2.24) is 0 Å². The summed E-state index contributed by atoms with van der Waals surface area (Å²) in [5.41, 5.74) is 5.67. The Labute approximate surface area is 97.7 Å². The van der Waals surface area contributed by atoms with Crippen molar-refractivity contribution >= 4 is 0 Å². The highest BCUT2D eigenvalue weighted by molar-refractivity contribution is 5.61. The molecule has 0 saturated heterocycles. The lowest BCUT2D eigenvalue weighted by Gasteiger charge is -2.32. The van der Waals surface area contributed by atoms with Gasteiger partial charge in [0.1, 0.15) is 0 Å². The zero-order valence-electron chi connectivity index (χ0n) is 9.88. The summed E-state index contributed by atoms with van der Waals surface area (Å²) >= 11 is 0. The molecule has 0 unspecified atom stereocenters. The smallest absolute Gasteiger partial charge is 0.0279 e. The van der Waals surface area contributed by atoms with Gasteiger partial charge in [0.15, 0.2) is 0 Å². The Bertz CT molecular complexity index is 466. The molecule has 3 rings (SSSR count). The zero-order chi connectivity index (χ0) is 11.1. The van der Waals surface area contributed by atoms with E-state index in [1.54, 1.807) is 5.92 Å². The molecule has 2 radical (unpaired) electrons. The quantitative estimate of drug-likeness (QED) is 0.558. The van der Waals surface area contributed by atoms with Crippen molar-refractivity contribution in [3.05, 3.63) is 70.6 Å². The molecule has 0 atom stereocenters. The fourth-order valence-corrected chi connectivity index (χ4v) is 2.59. The Morgan fingerprint density at radius 3 is 2.62 bits per heavy atom. The topological polar surface area (TPSA) is 0 Å². The van der Waals surface area contributed by atoms with Crippen LogP contribution in [-0.2, 0) is 0 Å². The van der Waals surface area contributed by atoms with E-state index in [4.69, 9.17) is 0 Å². The molecule has 0 nitrogen and oxygen atoms in total. The molecule has 0 fully saturated rings. The van der Waals surface area contributed by atoms with E-state index in [-0.39, 0.29) is 0 Å². The monoisotopic (exact) mass is 208 g/mol. The van der Waals surface area contributed by atoms with Crippen LogP contribution in [0.25, 0.3) is 0 Å². The lowest BCUT2D eigenvalue weighted by atomic mass is 9.72. The molecule has 0 N–H and O–H groups in total. The van der Waals surface area contributed by atoms with Gasteiger partial charge in [0.25, 0.3) is 0 Å². The molecule has 0 saturated carbocycles. The van der Waals surface area contributed by atoms with Crippen molar-refractivity contribution < 1.29 is 0 Å². The highest BCUT2D eigenvalue weighted by Gasteiger charge is 2.28. The van der Waals surface area contributed by atoms with Crippen molar-refractivity contribution in [2.24, 2.45) is 0 Å². The van der Waals surface area contributed by atoms with Crippen LogP contribution in [0.15, 0.2) is 58.7 Å². The molecule has 0 aliphatic heterocycles. The average molecular weight is 208 g/mol. The van der Waals surface area contributed by atoms with Crippen LogP contribution in [0, 0.1) is 11.8 Å². The first kappa shape index (κ1) is 9.89. The summed E-state index contributed by atoms with van der Waals surface area (Å²) in [7, 11) is 0. The van der Waals surface area contributed by atoms with Crippen molar-refractivity contribution in [2.45, 2.75) is 26.7 Å². The van der Waals surface area contributed by atoms with Gasteiger partial charge in [0, 0.05) is 11.8 Å². The van der Waals surface area contributed by atoms with Crippen LogP contribution >= 0.6 is 0 Å². The van der Waals surface area contributed by atoms with Gasteiger partial charge in [-0.15, -0.1) is 0 Å². The third-order valence-corrected chi connectivity index (χ3v) is 3.46. The first-order valence-electron chi connectivity index (χ1n) is 5.89. The van der Waals surface area contributed by atoms with Gasteiger partial charge in [-0.25, -0.2) is 0 Å². The Morgan fingerprint density at radius 2 is 1.75 bits per heavy atom. The molecule has 3 aliphatic carbocycles. The van der Waals surface area contributed by atoms with Gasteiger partial charge in [-0.1, -0.05) is 47.6 Å². The third kappa shape index (κ3) is 1.63.